The number of benzene rings is 2. The maximum absolute atomic E-state index is 12.9. The van der Waals surface area contributed by atoms with Crippen LogP contribution in [0.25, 0.3) is 10.9 Å². The summed E-state index contributed by atoms with van der Waals surface area (Å²) in [6, 6.07) is 12.3. The van der Waals surface area contributed by atoms with Crippen molar-refractivity contribution in [1.29, 1.82) is 0 Å². The Morgan fingerprint density at radius 2 is 1.80 bits per heavy atom. The second-order valence-electron chi connectivity index (χ2n) is 4.36. The third kappa shape index (κ3) is 2.28. The molecule has 98 valence electrons. The molecule has 3 aromatic rings. The Bertz CT molecular complexity index is 799. The summed E-state index contributed by atoms with van der Waals surface area (Å²) < 4.78 is 12.9. The molecule has 0 bridgehead atoms. The largest absolute Gasteiger partial charge is 0.289 e. The standard InChI is InChI=1S/C16H9ClFNO/c17-11-3-6-13-14(7-8-19-15(13)9-11)16(20)10-1-4-12(18)5-2-10/h1-9H. The third-order valence-corrected chi connectivity index (χ3v) is 3.29. The normalized spacial score (nSPS) is 10.7. The highest BCUT2D eigenvalue weighted by molar-refractivity contribution is 6.31. The van der Waals surface area contributed by atoms with Crippen molar-refractivity contribution in [3.63, 3.8) is 0 Å². The van der Waals surface area contributed by atoms with E-state index in [9.17, 15) is 9.18 Å². The fraction of sp³-hybridized carbons (Fsp3) is 0. The van der Waals surface area contributed by atoms with Gasteiger partial charge in [0.25, 0.3) is 0 Å². The SMILES string of the molecule is O=C(c1ccc(F)cc1)c1ccnc2cc(Cl)ccc12. The van der Waals surface area contributed by atoms with Gasteiger partial charge < -0.3 is 0 Å². The van der Waals surface area contributed by atoms with E-state index in [4.69, 9.17) is 11.6 Å². The summed E-state index contributed by atoms with van der Waals surface area (Å²) in [5.41, 5.74) is 1.62. The molecule has 0 aliphatic heterocycles. The number of carbonyl (C=O) groups excluding carboxylic acids is 1. The number of aromatic nitrogens is 1. The van der Waals surface area contributed by atoms with E-state index in [2.05, 4.69) is 4.98 Å². The van der Waals surface area contributed by atoms with Crippen LogP contribution >= 0.6 is 11.6 Å². The van der Waals surface area contributed by atoms with Crippen LogP contribution in [0.1, 0.15) is 15.9 Å². The van der Waals surface area contributed by atoms with E-state index in [-0.39, 0.29) is 11.6 Å². The summed E-state index contributed by atoms with van der Waals surface area (Å²) in [4.78, 5) is 16.7. The number of halogens is 2. The molecule has 0 aliphatic rings. The number of carbonyl (C=O) groups is 1. The van der Waals surface area contributed by atoms with Crippen LogP contribution < -0.4 is 0 Å². The van der Waals surface area contributed by atoms with Gasteiger partial charge in [0.15, 0.2) is 5.78 Å². The van der Waals surface area contributed by atoms with Crippen molar-refractivity contribution < 1.29 is 9.18 Å². The van der Waals surface area contributed by atoms with Crippen LogP contribution in [-0.4, -0.2) is 10.8 Å². The molecule has 2 aromatic carbocycles. The third-order valence-electron chi connectivity index (χ3n) is 3.06. The van der Waals surface area contributed by atoms with E-state index in [1.807, 2.05) is 0 Å². The van der Waals surface area contributed by atoms with Gasteiger partial charge in [-0.25, -0.2) is 4.39 Å². The zero-order chi connectivity index (χ0) is 14.1. The molecule has 0 aliphatic carbocycles. The van der Waals surface area contributed by atoms with Crippen LogP contribution in [0.3, 0.4) is 0 Å². The zero-order valence-electron chi connectivity index (χ0n) is 10.3. The van der Waals surface area contributed by atoms with Gasteiger partial charge in [0.1, 0.15) is 5.82 Å². The van der Waals surface area contributed by atoms with Crippen molar-refractivity contribution in [2.24, 2.45) is 0 Å². The summed E-state index contributed by atoms with van der Waals surface area (Å²) >= 11 is 5.92. The molecule has 0 saturated heterocycles. The quantitative estimate of drug-likeness (QED) is 0.659. The van der Waals surface area contributed by atoms with Gasteiger partial charge >= 0.3 is 0 Å². The minimum absolute atomic E-state index is 0.167. The molecule has 20 heavy (non-hydrogen) atoms. The maximum Gasteiger partial charge on any atom is 0.193 e. The second kappa shape index (κ2) is 5.02. The molecule has 2 nitrogen and oxygen atoms in total. The highest BCUT2D eigenvalue weighted by atomic mass is 35.5. The number of hydrogen-bond donors (Lipinski definition) is 0. The van der Waals surface area contributed by atoms with Gasteiger partial charge in [-0.3, -0.25) is 9.78 Å². The van der Waals surface area contributed by atoms with Gasteiger partial charge in [0.2, 0.25) is 0 Å². The van der Waals surface area contributed by atoms with Crippen LogP contribution in [-0.2, 0) is 0 Å². The lowest BCUT2D eigenvalue weighted by Gasteiger charge is -2.05. The van der Waals surface area contributed by atoms with Crippen LogP contribution in [0.5, 0.6) is 0 Å². The minimum atomic E-state index is -0.368. The Balaban J connectivity index is 2.14. The molecule has 1 heterocycles. The minimum Gasteiger partial charge on any atom is -0.289 e. The number of hydrogen-bond acceptors (Lipinski definition) is 2. The van der Waals surface area contributed by atoms with Gasteiger partial charge in [0.05, 0.1) is 5.52 Å². The molecule has 0 radical (unpaired) electrons. The number of fused-ring (bicyclic) bond motifs is 1. The van der Waals surface area contributed by atoms with Gasteiger partial charge in [-0.15, -0.1) is 0 Å². The number of pyridine rings is 1. The summed E-state index contributed by atoms with van der Waals surface area (Å²) in [6.07, 6.45) is 1.56. The lowest BCUT2D eigenvalue weighted by molar-refractivity contribution is 0.104. The molecule has 0 N–H and O–H groups in total. The second-order valence-corrected chi connectivity index (χ2v) is 4.79. The Hall–Kier alpha value is -2.26. The highest BCUT2D eigenvalue weighted by Crippen LogP contribution is 2.23. The van der Waals surface area contributed by atoms with Crippen LogP contribution in [0, 0.1) is 5.82 Å². The summed E-state index contributed by atoms with van der Waals surface area (Å²) in [5.74, 6) is -0.535. The number of ketones is 1. The molecular formula is C16H9ClFNO. The lowest BCUT2D eigenvalue weighted by atomic mass is 10.00. The fourth-order valence-corrected chi connectivity index (χ4v) is 2.24. The maximum atomic E-state index is 12.9. The Kier molecular flexibility index (Phi) is 3.20. The molecule has 0 unspecified atom stereocenters. The first-order valence-corrected chi connectivity index (χ1v) is 6.37. The van der Waals surface area contributed by atoms with Crippen LogP contribution in [0.4, 0.5) is 4.39 Å². The van der Waals surface area contributed by atoms with E-state index in [0.29, 0.717) is 21.7 Å². The van der Waals surface area contributed by atoms with Crippen molar-refractivity contribution >= 4 is 28.3 Å². The van der Waals surface area contributed by atoms with Crippen molar-refractivity contribution in [3.8, 4) is 0 Å². The first kappa shape index (κ1) is 12.8. The molecule has 0 fully saturated rings. The summed E-state index contributed by atoms with van der Waals surface area (Å²) in [6.45, 7) is 0. The van der Waals surface area contributed by atoms with Crippen molar-refractivity contribution in [2.45, 2.75) is 0 Å². The predicted octanol–water partition coefficient (Wildman–Crippen LogP) is 4.26. The topological polar surface area (TPSA) is 30.0 Å². The molecule has 0 saturated carbocycles. The average molecular weight is 286 g/mol. The highest BCUT2D eigenvalue weighted by Gasteiger charge is 2.13. The molecule has 1 aromatic heterocycles. The molecule has 4 heteroatoms. The monoisotopic (exact) mass is 285 g/mol. The molecule has 0 atom stereocenters. The predicted molar refractivity (Wildman–Crippen MR) is 76.6 cm³/mol. The Labute approximate surface area is 119 Å². The number of rotatable bonds is 2. The fourth-order valence-electron chi connectivity index (χ4n) is 2.08. The van der Waals surface area contributed by atoms with Crippen LogP contribution in [0.15, 0.2) is 54.7 Å². The van der Waals surface area contributed by atoms with E-state index < -0.39 is 0 Å². The zero-order valence-corrected chi connectivity index (χ0v) is 11.1. The van der Waals surface area contributed by atoms with Crippen molar-refractivity contribution in [2.75, 3.05) is 0 Å². The summed E-state index contributed by atoms with van der Waals surface area (Å²) in [5, 5.41) is 1.29. The van der Waals surface area contributed by atoms with E-state index >= 15 is 0 Å². The lowest BCUT2D eigenvalue weighted by Crippen LogP contribution is -2.02. The van der Waals surface area contributed by atoms with Crippen molar-refractivity contribution in [1.82, 2.24) is 4.98 Å². The first-order chi connectivity index (χ1) is 9.65. The number of nitrogens with zero attached hydrogens (tertiary/aromatic N) is 1. The van der Waals surface area contributed by atoms with Gasteiger partial charge in [-0.05, 0) is 42.5 Å². The van der Waals surface area contributed by atoms with Gasteiger partial charge in [-0.2, -0.15) is 0 Å². The molecular weight excluding hydrogens is 277 g/mol. The molecule has 0 amide bonds. The smallest absolute Gasteiger partial charge is 0.193 e. The van der Waals surface area contributed by atoms with E-state index in [1.54, 1.807) is 30.5 Å². The van der Waals surface area contributed by atoms with Gasteiger partial charge in [0, 0.05) is 27.7 Å². The van der Waals surface area contributed by atoms with Crippen LogP contribution in [0.2, 0.25) is 5.02 Å². The van der Waals surface area contributed by atoms with Crippen molar-refractivity contribution in [3.05, 3.63) is 76.7 Å². The van der Waals surface area contributed by atoms with E-state index in [0.717, 1.165) is 5.39 Å². The Morgan fingerprint density at radius 3 is 2.55 bits per heavy atom. The summed E-state index contributed by atoms with van der Waals surface area (Å²) in [7, 11) is 0. The molecule has 0 spiro atoms. The average Bonchev–Trinajstić information content (AvgIpc) is 2.46. The molecule has 3 rings (SSSR count). The van der Waals surface area contributed by atoms with E-state index in [1.165, 1.54) is 24.3 Å². The first-order valence-electron chi connectivity index (χ1n) is 6.00. The Morgan fingerprint density at radius 1 is 1.05 bits per heavy atom. The van der Waals surface area contributed by atoms with Gasteiger partial charge in [-0.1, -0.05) is 17.7 Å².